The van der Waals surface area contributed by atoms with E-state index in [1.165, 1.54) is 12.1 Å². The highest BCUT2D eigenvalue weighted by Crippen LogP contribution is 2.34. The van der Waals surface area contributed by atoms with E-state index in [2.05, 4.69) is 5.32 Å². The molecule has 0 atom stereocenters. The number of non-ortho nitro benzene ring substituents is 1. The topological polar surface area (TPSA) is 93.9 Å². The van der Waals surface area contributed by atoms with Crippen molar-refractivity contribution in [2.45, 2.75) is 32.4 Å². The number of halogens is 1. The summed E-state index contributed by atoms with van der Waals surface area (Å²) < 4.78 is 11.2. The number of benzene rings is 2. The van der Waals surface area contributed by atoms with Gasteiger partial charge in [-0.05, 0) is 55.1 Å². The first-order valence-corrected chi connectivity index (χ1v) is 9.47. The van der Waals surface area contributed by atoms with E-state index < -0.39 is 4.92 Å². The zero-order chi connectivity index (χ0) is 20.4. The quantitative estimate of drug-likeness (QED) is 0.312. The Hall–Kier alpha value is -2.35. The second-order valence-electron chi connectivity index (χ2n) is 6.27. The monoisotopic (exact) mass is 408 g/mol. The molecule has 0 aromatic heterocycles. The van der Waals surface area contributed by atoms with Gasteiger partial charge < -0.3 is 19.9 Å². The second-order valence-corrected chi connectivity index (χ2v) is 6.67. The minimum Gasteiger partial charge on any atom is -0.493 e. The lowest BCUT2D eigenvalue weighted by molar-refractivity contribution is -0.384. The summed E-state index contributed by atoms with van der Waals surface area (Å²) in [7, 11) is 1.56. The molecule has 0 fully saturated rings. The van der Waals surface area contributed by atoms with Gasteiger partial charge in [-0.1, -0.05) is 11.6 Å². The zero-order valence-electron chi connectivity index (χ0n) is 15.8. The van der Waals surface area contributed by atoms with Gasteiger partial charge >= 0.3 is 0 Å². The summed E-state index contributed by atoms with van der Waals surface area (Å²) >= 11 is 6.37. The number of rotatable bonds is 12. The lowest BCUT2D eigenvalue weighted by atomic mass is 10.2. The molecule has 8 heteroatoms. The van der Waals surface area contributed by atoms with E-state index in [0.717, 1.165) is 36.9 Å². The molecule has 0 unspecified atom stereocenters. The smallest absolute Gasteiger partial charge is 0.269 e. The van der Waals surface area contributed by atoms with E-state index in [1.54, 1.807) is 25.3 Å². The van der Waals surface area contributed by atoms with Gasteiger partial charge in [-0.25, -0.2) is 0 Å². The molecule has 0 bridgehead atoms. The predicted molar refractivity (Wildman–Crippen MR) is 108 cm³/mol. The molecule has 0 aliphatic carbocycles. The van der Waals surface area contributed by atoms with Crippen molar-refractivity contribution in [1.82, 2.24) is 5.32 Å². The third kappa shape index (κ3) is 6.67. The minimum absolute atomic E-state index is 0.0394. The van der Waals surface area contributed by atoms with E-state index in [9.17, 15) is 10.1 Å². The molecule has 0 aliphatic heterocycles. The van der Waals surface area contributed by atoms with Gasteiger partial charge in [0.2, 0.25) is 0 Å². The molecule has 0 spiro atoms. The van der Waals surface area contributed by atoms with E-state index >= 15 is 0 Å². The normalized spacial score (nSPS) is 10.7. The lowest BCUT2D eigenvalue weighted by Gasteiger charge is -2.14. The molecule has 0 heterocycles. The van der Waals surface area contributed by atoms with Crippen molar-refractivity contribution in [2.24, 2.45) is 0 Å². The molecule has 152 valence electrons. The highest BCUT2D eigenvalue weighted by Gasteiger charge is 2.11. The van der Waals surface area contributed by atoms with Crippen LogP contribution in [0.2, 0.25) is 5.02 Å². The predicted octanol–water partition coefficient (Wildman–Crippen LogP) is 4.09. The van der Waals surface area contributed by atoms with Gasteiger partial charge in [0.15, 0.2) is 11.5 Å². The first-order valence-electron chi connectivity index (χ1n) is 9.09. The number of ether oxygens (including phenoxy) is 2. The molecule has 0 amide bonds. The number of unbranched alkanes of at least 4 members (excludes halogenated alkanes) is 2. The summed E-state index contributed by atoms with van der Waals surface area (Å²) in [4.78, 5) is 10.3. The first kappa shape index (κ1) is 21.9. The fourth-order valence-corrected chi connectivity index (χ4v) is 2.84. The number of nitrogens with one attached hydrogen (secondary N) is 1. The molecule has 2 rings (SSSR count). The Kier molecular flexibility index (Phi) is 9.00. The molecule has 0 saturated carbocycles. The number of methoxy groups -OCH3 is 1. The molecule has 7 nitrogen and oxygen atoms in total. The van der Waals surface area contributed by atoms with Crippen LogP contribution in [0.3, 0.4) is 0 Å². The molecular weight excluding hydrogens is 384 g/mol. The lowest BCUT2D eigenvalue weighted by Crippen LogP contribution is -2.15. The van der Waals surface area contributed by atoms with Gasteiger partial charge in [-0.3, -0.25) is 10.1 Å². The van der Waals surface area contributed by atoms with E-state index in [-0.39, 0.29) is 18.9 Å². The van der Waals surface area contributed by atoms with Gasteiger partial charge in [0.05, 0.1) is 12.0 Å². The van der Waals surface area contributed by atoms with Gasteiger partial charge in [-0.2, -0.15) is 0 Å². The number of nitrogens with zero attached hydrogens (tertiary/aromatic N) is 1. The maximum absolute atomic E-state index is 10.7. The SMILES string of the molecule is COc1cc(CNCCCCCO)c(Cl)cc1OCc1ccc([N+](=O)[O-])cc1. The number of hydrogen-bond donors (Lipinski definition) is 2. The molecule has 0 aliphatic rings. The van der Waals surface area contributed by atoms with Crippen LogP contribution >= 0.6 is 11.6 Å². The summed E-state index contributed by atoms with van der Waals surface area (Å²) in [6.07, 6.45) is 2.79. The van der Waals surface area contributed by atoms with Crippen LogP contribution in [0.15, 0.2) is 36.4 Å². The number of nitro benzene ring substituents is 1. The van der Waals surface area contributed by atoms with E-state index in [1.807, 2.05) is 6.07 Å². The van der Waals surface area contributed by atoms with Crippen LogP contribution in [0, 0.1) is 10.1 Å². The van der Waals surface area contributed by atoms with Gasteiger partial charge in [0.25, 0.3) is 5.69 Å². The second kappa shape index (κ2) is 11.5. The fraction of sp³-hybridized carbons (Fsp3) is 0.400. The Morgan fingerprint density at radius 3 is 2.54 bits per heavy atom. The molecule has 0 saturated heterocycles. The Balaban J connectivity index is 1.95. The van der Waals surface area contributed by atoms with Gasteiger partial charge in [-0.15, -0.1) is 0 Å². The van der Waals surface area contributed by atoms with Gasteiger partial charge in [0.1, 0.15) is 6.61 Å². The molecule has 2 aromatic rings. The van der Waals surface area contributed by atoms with Crippen molar-refractivity contribution < 1.29 is 19.5 Å². The Bertz CT molecular complexity index is 768. The Labute approximate surface area is 169 Å². The summed E-state index contributed by atoms with van der Waals surface area (Å²) in [5.41, 5.74) is 1.75. The summed E-state index contributed by atoms with van der Waals surface area (Å²) in [6, 6.07) is 9.75. The van der Waals surface area contributed by atoms with Crippen LogP contribution < -0.4 is 14.8 Å². The van der Waals surface area contributed by atoms with Crippen LogP contribution in [-0.4, -0.2) is 30.3 Å². The Morgan fingerprint density at radius 2 is 1.89 bits per heavy atom. The maximum Gasteiger partial charge on any atom is 0.269 e. The number of nitro groups is 1. The van der Waals surface area contributed by atoms with Crippen LogP contribution in [0.4, 0.5) is 5.69 Å². The third-order valence-corrected chi connectivity index (χ3v) is 4.55. The van der Waals surface area contributed by atoms with Crippen LogP contribution in [0.1, 0.15) is 30.4 Å². The van der Waals surface area contributed by atoms with Gasteiger partial charge in [0, 0.05) is 36.4 Å². The zero-order valence-corrected chi connectivity index (χ0v) is 16.6. The largest absolute Gasteiger partial charge is 0.493 e. The third-order valence-electron chi connectivity index (χ3n) is 4.20. The molecule has 2 N–H and O–H groups in total. The first-order chi connectivity index (χ1) is 13.5. The van der Waals surface area contributed by atoms with Crippen molar-refractivity contribution in [2.75, 3.05) is 20.3 Å². The number of aliphatic hydroxyl groups is 1. The number of hydrogen-bond acceptors (Lipinski definition) is 6. The molecule has 2 aromatic carbocycles. The van der Waals surface area contributed by atoms with Crippen molar-refractivity contribution >= 4 is 17.3 Å². The van der Waals surface area contributed by atoms with Crippen LogP contribution in [-0.2, 0) is 13.2 Å². The summed E-state index contributed by atoms with van der Waals surface area (Å²) in [5, 5.41) is 23.4. The average Bonchev–Trinajstić information content (AvgIpc) is 2.70. The fourth-order valence-electron chi connectivity index (χ4n) is 2.62. The maximum atomic E-state index is 10.7. The minimum atomic E-state index is -0.438. The highest BCUT2D eigenvalue weighted by atomic mass is 35.5. The van der Waals surface area contributed by atoms with Crippen molar-refractivity contribution in [3.8, 4) is 11.5 Å². The van der Waals surface area contributed by atoms with Crippen molar-refractivity contribution in [1.29, 1.82) is 0 Å². The van der Waals surface area contributed by atoms with Crippen LogP contribution in [0.5, 0.6) is 11.5 Å². The van der Waals surface area contributed by atoms with E-state index in [0.29, 0.717) is 23.1 Å². The van der Waals surface area contributed by atoms with Crippen molar-refractivity contribution in [3.63, 3.8) is 0 Å². The molecular formula is C20H25ClN2O5. The Morgan fingerprint density at radius 1 is 1.14 bits per heavy atom. The van der Waals surface area contributed by atoms with Crippen molar-refractivity contribution in [3.05, 3.63) is 62.7 Å². The standard InChI is InChI=1S/C20H25ClN2O5/c1-27-19-11-16(13-22-9-3-2-4-10-24)18(21)12-20(19)28-14-15-5-7-17(8-6-15)23(25)26/h5-8,11-12,22,24H,2-4,9-10,13-14H2,1H3. The molecule has 0 radical (unpaired) electrons. The van der Waals surface area contributed by atoms with Crippen LogP contribution in [0.25, 0.3) is 0 Å². The average molecular weight is 409 g/mol. The molecule has 28 heavy (non-hydrogen) atoms. The summed E-state index contributed by atoms with van der Waals surface area (Å²) in [5.74, 6) is 1.08. The highest BCUT2D eigenvalue weighted by molar-refractivity contribution is 6.31. The summed E-state index contributed by atoms with van der Waals surface area (Å²) in [6.45, 7) is 1.92. The number of aliphatic hydroxyl groups excluding tert-OH is 1. The van der Waals surface area contributed by atoms with E-state index in [4.69, 9.17) is 26.2 Å².